The van der Waals surface area contributed by atoms with Gasteiger partial charge in [0.2, 0.25) is 0 Å². The largest absolute Gasteiger partial charge is 0.386 e. The van der Waals surface area contributed by atoms with Crippen LogP contribution in [0.15, 0.2) is 36.5 Å². The van der Waals surface area contributed by atoms with Crippen LogP contribution in [0.1, 0.15) is 22.0 Å². The summed E-state index contributed by atoms with van der Waals surface area (Å²) in [5.74, 6) is -1.51. The number of aliphatic hydroxyl groups excluding tert-OH is 1. The molecule has 1 aromatic carbocycles. The molecule has 0 radical (unpaired) electrons. The Morgan fingerprint density at radius 1 is 1.26 bits per heavy atom. The predicted octanol–water partition coefficient (Wildman–Crippen LogP) is 1.89. The van der Waals surface area contributed by atoms with Crippen molar-refractivity contribution in [1.82, 2.24) is 10.3 Å². The summed E-state index contributed by atoms with van der Waals surface area (Å²) in [5.41, 5.74) is -0.175. The molecule has 2 rings (SSSR count). The fourth-order valence-corrected chi connectivity index (χ4v) is 2.01. The zero-order valence-electron chi connectivity index (χ0n) is 12.8. The molecule has 2 N–H and O–H groups in total. The molecule has 23 heavy (non-hydrogen) atoms. The average molecular weight is 321 g/mol. The van der Waals surface area contributed by atoms with Gasteiger partial charge in [0.05, 0.1) is 11.1 Å². The molecule has 1 amide bonds. The van der Waals surface area contributed by atoms with Gasteiger partial charge >= 0.3 is 0 Å². The zero-order valence-corrected chi connectivity index (χ0v) is 12.8. The lowest BCUT2D eigenvalue weighted by Gasteiger charge is -2.14. The van der Waals surface area contributed by atoms with Gasteiger partial charge in [-0.3, -0.25) is 4.79 Å². The van der Waals surface area contributed by atoms with Crippen LogP contribution in [-0.2, 0) is 0 Å². The number of hydrogen-bond acceptors (Lipinski definition) is 4. The number of anilines is 1. The Hall–Kier alpha value is -2.54. The van der Waals surface area contributed by atoms with Crippen molar-refractivity contribution < 1.29 is 18.7 Å². The van der Waals surface area contributed by atoms with Crippen molar-refractivity contribution in [1.29, 1.82) is 0 Å². The number of carbonyl (C=O) groups excluding carboxylic acids is 1. The first-order valence-electron chi connectivity index (χ1n) is 6.93. The van der Waals surface area contributed by atoms with Gasteiger partial charge in [-0.15, -0.1) is 0 Å². The number of nitrogens with zero attached hydrogens (tertiary/aromatic N) is 2. The molecule has 0 saturated heterocycles. The van der Waals surface area contributed by atoms with E-state index in [1.165, 1.54) is 12.3 Å². The molecule has 0 aliphatic carbocycles. The average Bonchev–Trinajstić information content (AvgIpc) is 2.52. The zero-order chi connectivity index (χ0) is 17.0. The summed E-state index contributed by atoms with van der Waals surface area (Å²) >= 11 is 0. The monoisotopic (exact) mass is 321 g/mol. The van der Waals surface area contributed by atoms with Crippen molar-refractivity contribution in [3.05, 3.63) is 59.3 Å². The third-order valence-electron chi connectivity index (χ3n) is 3.26. The van der Waals surface area contributed by atoms with Crippen LogP contribution in [0.3, 0.4) is 0 Å². The quantitative estimate of drug-likeness (QED) is 0.883. The molecule has 5 nitrogen and oxygen atoms in total. The summed E-state index contributed by atoms with van der Waals surface area (Å²) in [6.07, 6.45) is -0.0880. The molecule has 0 aliphatic rings. The van der Waals surface area contributed by atoms with Gasteiger partial charge < -0.3 is 15.3 Å². The summed E-state index contributed by atoms with van der Waals surface area (Å²) in [4.78, 5) is 17.8. The molecule has 1 aromatic heterocycles. The SMILES string of the molecule is CN(C)c1ccc(C(=O)NCC(O)c2c(F)cccc2F)cn1. The number of nitrogens with one attached hydrogen (secondary N) is 1. The first-order chi connectivity index (χ1) is 10.9. The van der Waals surface area contributed by atoms with Crippen molar-refractivity contribution in [3.63, 3.8) is 0 Å². The van der Waals surface area contributed by atoms with E-state index in [9.17, 15) is 18.7 Å². The first kappa shape index (κ1) is 16.8. The molecular weight excluding hydrogens is 304 g/mol. The third kappa shape index (κ3) is 4.01. The highest BCUT2D eigenvalue weighted by Gasteiger charge is 2.18. The van der Waals surface area contributed by atoms with Crippen LogP contribution < -0.4 is 10.2 Å². The standard InChI is InChI=1S/C16H17F2N3O2/c1-21(2)14-7-6-10(8-19-14)16(23)20-9-13(22)15-11(17)4-3-5-12(15)18/h3-8,13,22H,9H2,1-2H3,(H,20,23). The second-order valence-corrected chi connectivity index (χ2v) is 5.16. The Kier molecular flexibility index (Phi) is 5.23. The minimum Gasteiger partial charge on any atom is -0.386 e. The minimum absolute atomic E-state index is 0.289. The Balaban J connectivity index is 2.01. The number of carbonyl (C=O) groups is 1. The van der Waals surface area contributed by atoms with Gasteiger partial charge in [0.15, 0.2) is 0 Å². The fourth-order valence-electron chi connectivity index (χ4n) is 2.01. The molecule has 0 aliphatic heterocycles. The Labute approximate surface area is 132 Å². The van der Waals surface area contributed by atoms with E-state index in [4.69, 9.17) is 0 Å². The van der Waals surface area contributed by atoms with Crippen molar-refractivity contribution in [2.45, 2.75) is 6.10 Å². The van der Waals surface area contributed by atoms with Gasteiger partial charge in [0.1, 0.15) is 23.6 Å². The second-order valence-electron chi connectivity index (χ2n) is 5.16. The lowest BCUT2D eigenvalue weighted by molar-refractivity contribution is 0.0911. The van der Waals surface area contributed by atoms with E-state index in [-0.39, 0.29) is 12.1 Å². The Morgan fingerprint density at radius 3 is 2.43 bits per heavy atom. The molecule has 0 saturated carbocycles. The topological polar surface area (TPSA) is 65.5 Å². The molecule has 1 atom stereocenters. The van der Waals surface area contributed by atoms with Gasteiger partial charge in [0.25, 0.3) is 5.91 Å². The van der Waals surface area contributed by atoms with E-state index in [1.807, 2.05) is 14.1 Å². The first-order valence-corrected chi connectivity index (χ1v) is 6.93. The number of halogens is 2. The smallest absolute Gasteiger partial charge is 0.252 e. The summed E-state index contributed by atoms with van der Waals surface area (Å²) in [7, 11) is 3.64. The van der Waals surface area contributed by atoms with E-state index in [0.717, 1.165) is 12.1 Å². The van der Waals surface area contributed by atoms with E-state index in [0.29, 0.717) is 5.82 Å². The van der Waals surface area contributed by atoms with Crippen LogP contribution in [0.2, 0.25) is 0 Å². The lowest BCUT2D eigenvalue weighted by Crippen LogP contribution is -2.29. The summed E-state index contributed by atoms with van der Waals surface area (Å²) < 4.78 is 27.1. The van der Waals surface area contributed by atoms with Crippen LogP contribution in [-0.4, -0.2) is 36.6 Å². The predicted molar refractivity (Wildman–Crippen MR) is 82.2 cm³/mol. The summed E-state index contributed by atoms with van der Waals surface area (Å²) in [6.45, 7) is -0.313. The number of pyridine rings is 1. The van der Waals surface area contributed by atoms with Gasteiger partial charge in [-0.05, 0) is 24.3 Å². The number of benzene rings is 1. The Bertz CT molecular complexity index is 670. The lowest BCUT2D eigenvalue weighted by atomic mass is 10.1. The maximum Gasteiger partial charge on any atom is 0.252 e. The van der Waals surface area contributed by atoms with Crippen molar-refractivity contribution in [2.75, 3.05) is 25.5 Å². The molecule has 0 spiro atoms. The minimum atomic E-state index is -1.48. The van der Waals surface area contributed by atoms with Gasteiger partial charge in [-0.25, -0.2) is 13.8 Å². The molecule has 1 heterocycles. The third-order valence-corrected chi connectivity index (χ3v) is 3.26. The van der Waals surface area contributed by atoms with Crippen LogP contribution in [0, 0.1) is 11.6 Å². The van der Waals surface area contributed by atoms with Gasteiger partial charge in [-0.1, -0.05) is 6.07 Å². The van der Waals surface area contributed by atoms with Crippen LogP contribution in [0.25, 0.3) is 0 Å². The number of aromatic nitrogens is 1. The number of hydrogen-bond donors (Lipinski definition) is 2. The van der Waals surface area contributed by atoms with E-state index in [1.54, 1.807) is 17.0 Å². The van der Waals surface area contributed by atoms with Crippen LogP contribution in [0.4, 0.5) is 14.6 Å². The Morgan fingerprint density at radius 2 is 1.91 bits per heavy atom. The fraction of sp³-hybridized carbons (Fsp3) is 0.250. The molecule has 0 bridgehead atoms. The molecule has 7 heteroatoms. The highest BCUT2D eigenvalue weighted by atomic mass is 19.1. The van der Waals surface area contributed by atoms with Crippen molar-refractivity contribution in [2.24, 2.45) is 0 Å². The highest BCUT2D eigenvalue weighted by molar-refractivity contribution is 5.94. The molecule has 1 unspecified atom stereocenters. The molecular formula is C16H17F2N3O2. The maximum atomic E-state index is 13.5. The number of amides is 1. The van der Waals surface area contributed by atoms with E-state index < -0.39 is 29.2 Å². The van der Waals surface area contributed by atoms with Gasteiger partial charge in [-0.2, -0.15) is 0 Å². The molecule has 2 aromatic rings. The normalized spacial score (nSPS) is 11.9. The second kappa shape index (κ2) is 7.15. The van der Waals surface area contributed by atoms with Crippen molar-refractivity contribution >= 4 is 11.7 Å². The van der Waals surface area contributed by atoms with Crippen molar-refractivity contribution in [3.8, 4) is 0 Å². The van der Waals surface area contributed by atoms with Crippen LogP contribution in [0.5, 0.6) is 0 Å². The maximum absolute atomic E-state index is 13.5. The summed E-state index contributed by atoms with van der Waals surface area (Å²) in [6, 6.07) is 6.55. The van der Waals surface area contributed by atoms with E-state index in [2.05, 4.69) is 10.3 Å². The highest BCUT2D eigenvalue weighted by Crippen LogP contribution is 2.20. The molecule has 0 fully saturated rings. The van der Waals surface area contributed by atoms with E-state index >= 15 is 0 Å². The number of rotatable bonds is 5. The molecule has 122 valence electrons. The van der Waals surface area contributed by atoms with Gasteiger partial charge in [0, 0.05) is 26.8 Å². The number of aliphatic hydroxyl groups is 1. The summed E-state index contributed by atoms with van der Waals surface area (Å²) in [5, 5.41) is 12.3. The van der Waals surface area contributed by atoms with Crippen LogP contribution >= 0.6 is 0 Å².